The van der Waals surface area contributed by atoms with E-state index in [0.717, 1.165) is 50.5 Å². The van der Waals surface area contributed by atoms with Gasteiger partial charge in [-0.1, -0.05) is 29.3 Å². The summed E-state index contributed by atoms with van der Waals surface area (Å²) in [5.74, 6) is 2.17. The number of hydrogen-bond donors (Lipinski definition) is 1. The lowest BCUT2D eigenvalue weighted by molar-refractivity contribution is -0.120. The molecular weight excluding hydrogens is 523 g/mol. The molecule has 0 spiro atoms. The highest BCUT2D eigenvalue weighted by molar-refractivity contribution is 6.35. The highest BCUT2D eigenvalue weighted by Crippen LogP contribution is 2.35. The van der Waals surface area contributed by atoms with Gasteiger partial charge in [-0.25, -0.2) is 14.6 Å². The molecule has 4 heterocycles. The molecule has 1 aromatic carbocycles. The van der Waals surface area contributed by atoms with Gasteiger partial charge >= 0.3 is 0 Å². The minimum atomic E-state index is -0.255. The van der Waals surface area contributed by atoms with Crippen LogP contribution in [0.15, 0.2) is 24.4 Å². The molecule has 9 nitrogen and oxygen atoms in total. The van der Waals surface area contributed by atoms with Crippen molar-refractivity contribution in [2.45, 2.75) is 38.6 Å². The normalized spacial score (nSPS) is 19.2. The fourth-order valence-electron chi connectivity index (χ4n) is 5.63. The van der Waals surface area contributed by atoms with Crippen LogP contribution in [-0.4, -0.2) is 70.3 Å². The quantitative estimate of drug-likeness (QED) is 0.443. The van der Waals surface area contributed by atoms with Crippen LogP contribution >= 0.6 is 23.2 Å². The summed E-state index contributed by atoms with van der Waals surface area (Å²) < 4.78 is 1.73. The Kier molecular flexibility index (Phi) is 8.03. The van der Waals surface area contributed by atoms with E-state index in [0.29, 0.717) is 39.5 Å². The van der Waals surface area contributed by atoms with E-state index in [9.17, 15) is 10.1 Å². The number of benzene rings is 1. The van der Waals surface area contributed by atoms with E-state index in [1.54, 1.807) is 30.1 Å². The van der Waals surface area contributed by atoms with Gasteiger partial charge in [0.05, 0.1) is 12.2 Å². The van der Waals surface area contributed by atoms with Crippen LogP contribution in [0.25, 0.3) is 11.2 Å². The zero-order valence-electron chi connectivity index (χ0n) is 21.7. The summed E-state index contributed by atoms with van der Waals surface area (Å²) in [6, 6.07) is 7.26. The first-order valence-corrected chi connectivity index (χ1v) is 13.9. The number of amides is 1. The van der Waals surface area contributed by atoms with Gasteiger partial charge in [-0.05, 0) is 68.8 Å². The second-order valence-corrected chi connectivity index (χ2v) is 11.1. The minimum Gasteiger partial charge on any atom is -0.359 e. The maximum absolute atomic E-state index is 11.5. The molecule has 2 aromatic heterocycles. The van der Waals surface area contributed by atoms with Crippen molar-refractivity contribution in [2.24, 2.45) is 11.8 Å². The van der Waals surface area contributed by atoms with Gasteiger partial charge in [-0.2, -0.15) is 10.4 Å². The first kappa shape index (κ1) is 26.7. The summed E-state index contributed by atoms with van der Waals surface area (Å²) in [4.78, 5) is 25.8. The van der Waals surface area contributed by atoms with Gasteiger partial charge < -0.3 is 15.1 Å². The monoisotopic (exact) mass is 554 g/mol. The van der Waals surface area contributed by atoms with E-state index in [1.807, 2.05) is 13.0 Å². The maximum atomic E-state index is 11.5. The smallest absolute Gasteiger partial charge is 0.219 e. The number of anilines is 1. The second kappa shape index (κ2) is 11.4. The van der Waals surface area contributed by atoms with Crippen LogP contribution in [0.1, 0.15) is 49.9 Å². The van der Waals surface area contributed by atoms with Gasteiger partial charge in [-0.15, -0.1) is 0 Å². The second-order valence-electron chi connectivity index (χ2n) is 10.3. The van der Waals surface area contributed by atoms with E-state index < -0.39 is 0 Å². The lowest BCUT2D eigenvalue weighted by atomic mass is 9.80. The Morgan fingerprint density at radius 2 is 2.08 bits per heavy atom. The molecule has 5 rings (SSSR count). The number of nitrogens with one attached hydrogen (secondary N) is 1. The molecule has 0 radical (unpaired) electrons. The third-order valence-electron chi connectivity index (χ3n) is 7.88. The number of rotatable bonds is 8. The van der Waals surface area contributed by atoms with Crippen LogP contribution in [0.5, 0.6) is 0 Å². The summed E-state index contributed by atoms with van der Waals surface area (Å²) in [5.41, 5.74) is 2.15. The average Bonchev–Trinajstić information content (AvgIpc) is 3.26. The molecule has 3 aromatic rings. The number of piperidine rings is 1. The van der Waals surface area contributed by atoms with Crippen molar-refractivity contribution >= 4 is 46.1 Å². The highest BCUT2D eigenvalue weighted by Gasteiger charge is 2.36. The largest absolute Gasteiger partial charge is 0.359 e. The topological polar surface area (TPSA) is 103 Å². The molecule has 2 aliphatic heterocycles. The summed E-state index contributed by atoms with van der Waals surface area (Å²) in [7, 11) is 1.69. The molecule has 2 atom stereocenters. The standard InChI is InChI=1S/C27H32Cl2N8O/c1-17(21-8-7-20(28)11-22(21)29)37-27-26(23(12-30)34-37)32-13-24(33-27)36-15-19(16-36)18-5-3-9-35(14-18)10-4-6-25(38)31-2/h7-8,11,13,17-19H,3-6,9-10,14-16H2,1-2H3,(H,31,38)/t17-,18?/m1/s1. The lowest BCUT2D eigenvalue weighted by Gasteiger charge is -2.47. The Hall–Kier alpha value is -2.93. The van der Waals surface area contributed by atoms with Gasteiger partial charge in [0.25, 0.3) is 0 Å². The van der Waals surface area contributed by atoms with Crippen LogP contribution in [-0.2, 0) is 4.79 Å². The number of nitrogens with zero attached hydrogens (tertiary/aromatic N) is 7. The number of halogens is 2. The van der Waals surface area contributed by atoms with Crippen LogP contribution < -0.4 is 10.2 Å². The molecule has 0 bridgehead atoms. The Bertz CT molecular complexity index is 1360. The molecule has 200 valence electrons. The van der Waals surface area contributed by atoms with Crippen molar-refractivity contribution in [1.82, 2.24) is 30.0 Å². The summed E-state index contributed by atoms with van der Waals surface area (Å²) in [6.07, 6.45) is 5.68. The number of carbonyl (C=O) groups is 1. The van der Waals surface area contributed by atoms with Gasteiger partial charge in [0.2, 0.25) is 5.91 Å². The van der Waals surface area contributed by atoms with Crippen molar-refractivity contribution in [2.75, 3.05) is 44.7 Å². The number of fused-ring (bicyclic) bond motifs is 1. The van der Waals surface area contributed by atoms with Gasteiger partial charge in [0.15, 0.2) is 11.3 Å². The molecule has 2 fully saturated rings. The lowest BCUT2D eigenvalue weighted by Crippen LogP contribution is -2.54. The van der Waals surface area contributed by atoms with Gasteiger partial charge in [0, 0.05) is 43.1 Å². The van der Waals surface area contributed by atoms with E-state index in [4.69, 9.17) is 28.2 Å². The first-order chi connectivity index (χ1) is 18.4. The summed E-state index contributed by atoms with van der Waals surface area (Å²) in [6.45, 7) is 7.03. The molecule has 2 saturated heterocycles. The predicted octanol–water partition coefficient (Wildman–Crippen LogP) is 4.29. The van der Waals surface area contributed by atoms with Crippen LogP contribution in [0.3, 0.4) is 0 Å². The average molecular weight is 556 g/mol. The van der Waals surface area contributed by atoms with Gasteiger partial charge in [0.1, 0.15) is 17.4 Å². The molecule has 2 aliphatic rings. The van der Waals surface area contributed by atoms with Crippen molar-refractivity contribution < 1.29 is 4.79 Å². The number of carbonyl (C=O) groups excluding carboxylic acids is 1. The van der Waals surface area contributed by atoms with Crippen molar-refractivity contribution in [3.63, 3.8) is 0 Å². The Morgan fingerprint density at radius 3 is 2.82 bits per heavy atom. The number of aromatic nitrogens is 4. The first-order valence-electron chi connectivity index (χ1n) is 13.2. The third kappa shape index (κ3) is 5.44. The Morgan fingerprint density at radius 1 is 1.26 bits per heavy atom. The van der Waals surface area contributed by atoms with Crippen LogP contribution in [0.4, 0.5) is 5.82 Å². The third-order valence-corrected chi connectivity index (χ3v) is 8.44. The molecule has 0 saturated carbocycles. The SMILES string of the molecule is CNC(=O)CCCN1CCCC(C2CN(c3cnc4c(C#N)nn([C@H](C)c5ccc(Cl)cc5Cl)c4n3)C2)C1. The van der Waals surface area contributed by atoms with E-state index in [2.05, 4.69) is 31.3 Å². The van der Waals surface area contributed by atoms with Crippen molar-refractivity contribution in [3.05, 3.63) is 45.7 Å². The molecule has 1 amide bonds. The fourth-order valence-corrected chi connectivity index (χ4v) is 6.20. The summed E-state index contributed by atoms with van der Waals surface area (Å²) in [5, 5.41) is 18.0. The van der Waals surface area contributed by atoms with Gasteiger partial charge in [-0.3, -0.25) is 4.79 Å². The zero-order valence-corrected chi connectivity index (χ0v) is 23.2. The predicted molar refractivity (Wildman–Crippen MR) is 148 cm³/mol. The van der Waals surface area contributed by atoms with Crippen molar-refractivity contribution in [1.29, 1.82) is 5.26 Å². The maximum Gasteiger partial charge on any atom is 0.219 e. The van der Waals surface area contributed by atoms with Crippen LogP contribution in [0.2, 0.25) is 10.0 Å². The fraction of sp³-hybridized carbons (Fsp3) is 0.519. The molecular formula is C27H32Cl2N8O. The molecule has 38 heavy (non-hydrogen) atoms. The van der Waals surface area contributed by atoms with Crippen molar-refractivity contribution in [3.8, 4) is 6.07 Å². The molecule has 11 heteroatoms. The number of nitriles is 1. The zero-order chi connectivity index (χ0) is 26.8. The number of hydrogen-bond acceptors (Lipinski definition) is 7. The van der Waals surface area contributed by atoms with E-state index in [-0.39, 0.29) is 17.6 Å². The number of likely N-dealkylation sites (tertiary alicyclic amines) is 1. The minimum absolute atomic E-state index is 0.111. The van der Waals surface area contributed by atoms with E-state index in [1.165, 1.54) is 12.8 Å². The highest BCUT2D eigenvalue weighted by atomic mass is 35.5. The van der Waals surface area contributed by atoms with E-state index >= 15 is 0 Å². The molecule has 1 N–H and O–H groups in total. The Labute approximate surface area is 232 Å². The van der Waals surface area contributed by atoms with Crippen LogP contribution in [0, 0.1) is 23.2 Å². The molecule has 0 aliphatic carbocycles. The Balaban J connectivity index is 1.28. The molecule has 1 unspecified atom stereocenters. The summed E-state index contributed by atoms with van der Waals surface area (Å²) >= 11 is 12.6.